The molecule has 2 aromatic rings. The summed E-state index contributed by atoms with van der Waals surface area (Å²) < 4.78 is 10.8. The van der Waals surface area contributed by atoms with E-state index in [-0.39, 0.29) is 18.1 Å². The first-order valence-corrected chi connectivity index (χ1v) is 8.56. The number of furan rings is 1. The van der Waals surface area contributed by atoms with Gasteiger partial charge in [-0.1, -0.05) is 30.3 Å². The van der Waals surface area contributed by atoms with Crippen LogP contribution in [0.15, 0.2) is 53.1 Å². The minimum Gasteiger partial charge on any atom is -0.467 e. The molecule has 1 aliphatic rings. The third-order valence-electron chi connectivity index (χ3n) is 4.49. The van der Waals surface area contributed by atoms with Crippen molar-refractivity contribution in [1.29, 1.82) is 0 Å². The van der Waals surface area contributed by atoms with Gasteiger partial charge >= 0.3 is 6.03 Å². The second-order valence-corrected chi connectivity index (χ2v) is 6.27. The van der Waals surface area contributed by atoms with Crippen molar-refractivity contribution >= 4 is 6.03 Å². The van der Waals surface area contributed by atoms with Crippen molar-refractivity contribution in [3.63, 3.8) is 0 Å². The Hall–Kier alpha value is -2.31. The Labute approximate surface area is 147 Å². The lowest BCUT2D eigenvalue weighted by molar-refractivity contribution is -0.0101. The highest BCUT2D eigenvalue weighted by molar-refractivity contribution is 5.75. The number of aliphatic hydroxyl groups is 1. The molecule has 1 aliphatic heterocycles. The van der Waals surface area contributed by atoms with Crippen molar-refractivity contribution in [2.45, 2.75) is 31.5 Å². The third-order valence-corrected chi connectivity index (χ3v) is 4.49. The molecule has 0 saturated carbocycles. The number of carbonyl (C=O) groups excluding carboxylic acids is 1. The maximum atomic E-state index is 12.7. The molecule has 3 atom stereocenters. The van der Waals surface area contributed by atoms with Gasteiger partial charge in [0.1, 0.15) is 11.9 Å². The minimum absolute atomic E-state index is 0.0906. The highest BCUT2D eigenvalue weighted by atomic mass is 16.5. The minimum atomic E-state index is -0.761. The Morgan fingerprint density at radius 1 is 1.32 bits per heavy atom. The maximum Gasteiger partial charge on any atom is 0.318 e. The van der Waals surface area contributed by atoms with Crippen LogP contribution in [0.2, 0.25) is 0 Å². The number of rotatable bonds is 5. The summed E-state index contributed by atoms with van der Waals surface area (Å²) in [5.74, 6) is 0.503. The van der Waals surface area contributed by atoms with Gasteiger partial charge in [0.2, 0.25) is 0 Å². The number of urea groups is 1. The van der Waals surface area contributed by atoms with Gasteiger partial charge in [0.05, 0.1) is 31.6 Å². The Bertz CT molecular complexity index is 659. The largest absolute Gasteiger partial charge is 0.467 e. The fourth-order valence-corrected chi connectivity index (χ4v) is 3.07. The number of hydrogen-bond acceptors (Lipinski definition) is 4. The lowest BCUT2D eigenvalue weighted by Gasteiger charge is -2.37. The Morgan fingerprint density at radius 3 is 2.84 bits per heavy atom. The van der Waals surface area contributed by atoms with Crippen LogP contribution < -0.4 is 5.32 Å². The molecule has 3 rings (SSSR count). The average Bonchev–Trinajstić information content (AvgIpc) is 3.17. The molecule has 1 aromatic heterocycles. The van der Waals surface area contributed by atoms with Crippen LogP contribution >= 0.6 is 0 Å². The zero-order valence-corrected chi connectivity index (χ0v) is 14.3. The average molecular weight is 344 g/mol. The van der Waals surface area contributed by atoms with Crippen molar-refractivity contribution in [3.05, 3.63) is 60.1 Å². The zero-order valence-electron chi connectivity index (χ0n) is 14.3. The van der Waals surface area contributed by atoms with Crippen molar-refractivity contribution in [2.75, 3.05) is 19.8 Å². The molecule has 0 bridgehead atoms. The Balaban J connectivity index is 1.62. The zero-order chi connectivity index (χ0) is 17.6. The molecular weight excluding hydrogens is 320 g/mol. The Kier molecular flexibility index (Phi) is 5.73. The predicted octanol–water partition coefficient (Wildman–Crippen LogP) is 2.87. The van der Waals surface area contributed by atoms with Gasteiger partial charge in [0.15, 0.2) is 0 Å². The molecule has 0 aliphatic carbocycles. The van der Waals surface area contributed by atoms with E-state index in [1.807, 2.05) is 37.3 Å². The van der Waals surface area contributed by atoms with Crippen molar-refractivity contribution in [3.8, 4) is 0 Å². The quantitative estimate of drug-likeness (QED) is 0.875. The molecule has 0 unspecified atom stereocenters. The number of morpholine rings is 1. The van der Waals surface area contributed by atoms with Gasteiger partial charge < -0.3 is 24.5 Å². The number of ether oxygens (including phenoxy) is 1. The van der Waals surface area contributed by atoms with Gasteiger partial charge in [-0.05, 0) is 24.6 Å². The van der Waals surface area contributed by atoms with E-state index in [2.05, 4.69) is 5.32 Å². The number of benzene rings is 1. The number of aliphatic hydroxyl groups excluding tert-OH is 1. The monoisotopic (exact) mass is 344 g/mol. The molecule has 6 nitrogen and oxygen atoms in total. The topological polar surface area (TPSA) is 74.9 Å². The van der Waals surface area contributed by atoms with E-state index in [0.29, 0.717) is 31.9 Å². The molecule has 2 heterocycles. The summed E-state index contributed by atoms with van der Waals surface area (Å²) in [5.41, 5.74) is 1.05. The van der Waals surface area contributed by atoms with Crippen LogP contribution in [0.5, 0.6) is 0 Å². The molecule has 2 amide bonds. The van der Waals surface area contributed by atoms with Gasteiger partial charge in [-0.15, -0.1) is 0 Å². The highest BCUT2D eigenvalue weighted by Gasteiger charge is 2.30. The highest BCUT2D eigenvalue weighted by Crippen LogP contribution is 2.23. The number of amides is 2. The fraction of sp³-hybridized carbons (Fsp3) is 0.421. The number of nitrogens with one attached hydrogen (secondary N) is 1. The summed E-state index contributed by atoms with van der Waals surface area (Å²) in [6.07, 6.45) is 1.14. The lowest BCUT2D eigenvalue weighted by atomic mass is 10.1. The molecule has 1 saturated heterocycles. The normalized spacial score (nSPS) is 20.1. The lowest BCUT2D eigenvalue weighted by Crippen LogP contribution is -2.53. The van der Waals surface area contributed by atoms with Gasteiger partial charge in [-0.3, -0.25) is 0 Å². The molecule has 25 heavy (non-hydrogen) atoms. The van der Waals surface area contributed by atoms with E-state index in [9.17, 15) is 9.90 Å². The van der Waals surface area contributed by atoms with Crippen LogP contribution in [0.25, 0.3) is 0 Å². The summed E-state index contributed by atoms with van der Waals surface area (Å²) >= 11 is 0. The standard InChI is InChI=1S/C19H24N2O4/c1-14(15-6-3-2-4-7-15)20-19(23)21-9-11-24-13-16(21)12-17(22)18-8-5-10-25-18/h2-8,10,14,16-17,22H,9,11-13H2,1H3,(H,20,23)/t14-,16+,17+/m1/s1. The molecule has 1 fully saturated rings. The maximum absolute atomic E-state index is 12.7. The summed E-state index contributed by atoms with van der Waals surface area (Å²) in [4.78, 5) is 14.5. The number of nitrogens with zero attached hydrogens (tertiary/aromatic N) is 1. The van der Waals surface area contributed by atoms with E-state index >= 15 is 0 Å². The summed E-state index contributed by atoms with van der Waals surface area (Å²) in [5, 5.41) is 13.3. The van der Waals surface area contributed by atoms with Gasteiger partial charge in [0.25, 0.3) is 0 Å². The van der Waals surface area contributed by atoms with Crippen molar-refractivity contribution < 1.29 is 19.1 Å². The molecule has 0 spiro atoms. The van der Waals surface area contributed by atoms with Gasteiger partial charge in [0, 0.05) is 13.0 Å². The van der Waals surface area contributed by atoms with Crippen molar-refractivity contribution in [1.82, 2.24) is 10.2 Å². The van der Waals surface area contributed by atoms with Crippen LogP contribution in [0.3, 0.4) is 0 Å². The number of hydrogen-bond donors (Lipinski definition) is 2. The first-order chi connectivity index (χ1) is 12.1. The second kappa shape index (κ2) is 8.18. The van der Waals surface area contributed by atoms with E-state index in [1.54, 1.807) is 17.0 Å². The van der Waals surface area contributed by atoms with Crippen LogP contribution in [0.4, 0.5) is 4.79 Å². The smallest absolute Gasteiger partial charge is 0.318 e. The molecule has 2 N–H and O–H groups in total. The van der Waals surface area contributed by atoms with Crippen LogP contribution in [0, 0.1) is 0 Å². The van der Waals surface area contributed by atoms with Crippen LogP contribution in [-0.2, 0) is 4.74 Å². The summed E-state index contributed by atoms with van der Waals surface area (Å²) in [7, 11) is 0. The summed E-state index contributed by atoms with van der Waals surface area (Å²) in [6.45, 7) is 3.37. The van der Waals surface area contributed by atoms with Crippen LogP contribution in [0.1, 0.15) is 36.8 Å². The molecule has 0 radical (unpaired) electrons. The second-order valence-electron chi connectivity index (χ2n) is 6.27. The van der Waals surface area contributed by atoms with Crippen LogP contribution in [-0.4, -0.2) is 41.8 Å². The molecule has 134 valence electrons. The van der Waals surface area contributed by atoms with E-state index < -0.39 is 6.10 Å². The number of carbonyl (C=O) groups is 1. The fourth-order valence-electron chi connectivity index (χ4n) is 3.07. The Morgan fingerprint density at radius 2 is 2.12 bits per heavy atom. The molecular formula is C19H24N2O4. The van der Waals surface area contributed by atoms with Crippen molar-refractivity contribution in [2.24, 2.45) is 0 Å². The summed E-state index contributed by atoms with van der Waals surface area (Å²) in [6, 6.07) is 12.9. The SMILES string of the molecule is C[C@@H](NC(=O)N1CCOC[C@@H]1C[C@H](O)c1ccco1)c1ccccc1. The van der Waals surface area contributed by atoms with E-state index in [1.165, 1.54) is 6.26 Å². The first-order valence-electron chi connectivity index (χ1n) is 8.56. The molecule has 6 heteroatoms. The van der Waals surface area contributed by atoms with E-state index in [4.69, 9.17) is 9.15 Å². The third kappa shape index (κ3) is 4.41. The van der Waals surface area contributed by atoms with Gasteiger partial charge in [-0.25, -0.2) is 4.79 Å². The predicted molar refractivity (Wildman–Crippen MR) is 93.0 cm³/mol. The molecule has 1 aromatic carbocycles. The van der Waals surface area contributed by atoms with E-state index in [0.717, 1.165) is 5.56 Å². The van der Waals surface area contributed by atoms with Gasteiger partial charge in [-0.2, -0.15) is 0 Å². The first kappa shape index (κ1) is 17.5.